The minimum absolute atomic E-state index is 0.150. The lowest BCUT2D eigenvalue weighted by atomic mass is 10.1. The number of hydrogen-bond donors (Lipinski definition) is 0. The van der Waals surface area contributed by atoms with Gasteiger partial charge in [-0.2, -0.15) is 4.98 Å². The molecule has 128 valence electrons. The average Bonchev–Trinajstić information content (AvgIpc) is 3.10. The van der Waals surface area contributed by atoms with Gasteiger partial charge in [0.25, 0.3) is 5.89 Å². The summed E-state index contributed by atoms with van der Waals surface area (Å²) in [5.41, 5.74) is 1.66. The summed E-state index contributed by atoms with van der Waals surface area (Å²) in [6, 6.07) is 14.3. The van der Waals surface area contributed by atoms with Crippen LogP contribution in [0.2, 0.25) is 5.02 Å². The molecule has 0 aliphatic heterocycles. The molecular formula is C18H15ClN2O4. The van der Waals surface area contributed by atoms with Gasteiger partial charge in [0.2, 0.25) is 5.82 Å². The van der Waals surface area contributed by atoms with Crippen molar-refractivity contribution in [2.45, 2.75) is 13.0 Å². The van der Waals surface area contributed by atoms with Gasteiger partial charge < -0.3 is 14.0 Å². The molecule has 7 heteroatoms. The van der Waals surface area contributed by atoms with Crippen molar-refractivity contribution in [3.63, 3.8) is 0 Å². The molecule has 0 bridgehead atoms. The second kappa shape index (κ2) is 7.81. The first-order chi connectivity index (χ1) is 12.1. The first-order valence-electron chi connectivity index (χ1n) is 7.51. The van der Waals surface area contributed by atoms with Gasteiger partial charge >= 0.3 is 5.97 Å². The number of aromatic nitrogens is 2. The molecule has 0 saturated carbocycles. The number of methoxy groups -OCH3 is 1. The lowest BCUT2D eigenvalue weighted by molar-refractivity contribution is -0.139. The number of carbonyl (C=O) groups is 1. The fourth-order valence-corrected chi connectivity index (χ4v) is 2.24. The largest absolute Gasteiger partial charge is 0.484 e. The predicted molar refractivity (Wildman–Crippen MR) is 91.2 cm³/mol. The Morgan fingerprint density at radius 3 is 2.52 bits per heavy atom. The summed E-state index contributed by atoms with van der Waals surface area (Å²) >= 11 is 5.86. The van der Waals surface area contributed by atoms with Crippen molar-refractivity contribution in [1.29, 1.82) is 0 Å². The zero-order chi connectivity index (χ0) is 17.6. The van der Waals surface area contributed by atoms with E-state index in [1.165, 1.54) is 7.11 Å². The van der Waals surface area contributed by atoms with E-state index < -0.39 is 0 Å². The quantitative estimate of drug-likeness (QED) is 0.626. The van der Waals surface area contributed by atoms with Crippen molar-refractivity contribution in [3.05, 3.63) is 65.0 Å². The molecule has 0 fully saturated rings. The summed E-state index contributed by atoms with van der Waals surface area (Å²) in [5, 5.41) is 4.57. The van der Waals surface area contributed by atoms with Crippen LogP contribution < -0.4 is 4.74 Å². The van der Waals surface area contributed by atoms with Crippen molar-refractivity contribution in [2.24, 2.45) is 0 Å². The van der Waals surface area contributed by atoms with Crippen LogP contribution in [0.5, 0.6) is 5.75 Å². The minimum atomic E-state index is -0.283. The number of esters is 1. The van der Waals surface area contributed by atoms with Crippen LogP contribution in [0.25, 0.3) is 11.4 Å². The van der Waals surface area contributed by atoms with Crippen molar-refractivity contribution in [3.8, 4) is 17.1 Å². The molecule has 0 amide bonds. The molecule has 2 aromatic carbocycles. The fraction of sp³-hybridized carbons (Fsp3) is 0.167. The Morgan fingerprint density at radius 2 is 1.84 bits per heavy atom. The number of halogens is 1. The van der Waals surface area contributed by atoms with Crippen LogP contribution >= 0.6 is 11.6 Å². The summed E-state index contributed by atoms with van der Waals surface area (Å²) in [5.74, 6) is 1.20. The summed E-state index contributed by atoms with van der Waals surface area (Å²) in [6.07, 6.45) is 0.227. The van der Waals surface area contributed by atoms with E-state index >= 15 is 0 Å². The van der Waals surface area contributed by atoms with Crippen LogP contribution in [0.15, 0.2) is 53.1 Å². The molecule has 0 aliphatic rings. The summed E-state index contributed by atoms with van der Waals surface area (Å²) in [7, 11) is 1.36. The van der Waals surface area contributed by atoms with Crippen LogP contribution in [0, 0.1) is 0 Å². The molecular weight excluding hydrogens is 344 g/mol. The minimum Gasteiger partial charge on any atom is -0.484 e. The molecule has 0 unspecified atom stereocenters. The van der Waals surface area contributed by atoms with Crippen molar-refractivity contribution in [2.75, 3.05) is 7.11 Å². The van der Waals surface area contributed by atoms with Crippen LogP contribution in [-0.2, 0) is 22.6 Å². The van der Waals surface area contributed by atoms with Crippen molar-refractivity contribution >= 4 is 17.6 Å². The topological polar surface area (TPSA) is 74.5 Å². The third kappa shape index (κ3) is 4.58. The third-order valence-electron chi connectivity index (χ3n) is 3.43. The highest BCUT2D eigenvalue weighted by atomic mass is 35.5. The second-order valence-corrected chi connectivity index (χ2v) is 5.64. The zero-order valence-corrected chi connectivity index (χ0v) is 14.2. The van der Waals surface area contributed by atoms with Crippen LogP contribution in [0.4, 0.5) is 0 Å². The molecule has 0 radical (unpaired) electrons. The number of hydrogen-bond acceptors (Lipinski definition) is 6. The van der Waals surface area contributed by atoms with Crippen LogP contribution in [0.1, 0.15) is 11.5 Å². The molecule has 1 heterocycles. The van der Waals surface area contributed by atoms with Gasteiger partial charge in [0, 0.05) is 10.6 Å². The molecule has 3 rings (SSSR count). The first-order valence-corrected chi connectivity index (χ1v) is 7.89. The molecule has 0 aliphatic carbocycles. The van der Waals surface area contributed by atoms with Gasteiger partial charge in [-0.05, 0) is 42.0 Å². The summed E-state index contributed by atoms with van der Waals surface area (Å²) in [6.45, 7) is 0.150. The number of ether oxygens (including phenoxy) is 2. The lowest BCUT2D eigenvalue weighted by Gasteiger charge is -2.04. The van der Waals surface area contributed by atoms with E-state index in [1.807, 2.05) is 12.1 Å². The monoisotopic (exact) mass is 358 g/mol. The number of nitrogens with zero attached hydrogens (tertiary/aromatic N) is 2. The molecule has 3 aromatic rings. The standard InChI is InChI=1S/C18H15ClN2O4/c1-23-17(22)10-12-2-8-15(9-3-12)24-11-16-20-18(21-25-16)13-4-6-14(19)7-5-13/h2-9H,10-11H2,1H3. The van der Waals surface area contributed by atoms with Gasteiger partial charge in [-0.25, -0.2) is 0 Å². The van der Waals surface area contributed by atoms with E-state index in [0.717, 1.165) is 11.1 Å². The molecule has 0 N–H and O–H groups in total. The van der Waals surface area contributed by atoms with Gasteiger partial charge in [0.1, 0.15) is 5.75 Å². The molecule has 25 heavy (non-hydrogen) atoms. The summed E-state index contributed by atoms with van der Waals surface area (Å²) < 4.78 is 15.4. The number of carbonyl (C=O) groups excluding carboxylic acids is 1. The van der Waals surface area contributed by atoms with E-state index in [1.54, 1.807) is 36.4 Å². The highest BCUT2D eigenvalue weighted by Crippen LogP contribution is 2.19. The van der Waals surface area contributed by atoms with Crippen molar-refractivity contribution in [1.82, 2.24) is 10.1 Å². The molecule has 0 saturated heterocycles. The van der Waals surface area contributed by atoms with Gasteiger partial charge in [-0.15, -0.1) is 0 Å². The van der Waals surface area contributed by atoms with E-state index in [4.69, 9.17) is 20.9 Å². The Labute approximate surface area is 149 Å². The van der Waals surface area contributed by atoms with E-state index in [-0.39, 0.29) is 19.0 Å². The maximum atomic E-state index is 11.2. The molecule has 6 nitrogen and oxygen atoms in total. The highest BCUT2D eigenvalue weighted by Gasteiger charge is 2.09. The Balaban J connectivity index is 1.58. The van der Waals surface area contributed by atoms with Gasteiger partial charge in [0.05, 0.1) is 13.5 Å². The SMILES string of the molecule is COC(=O)Cc1ccc(OCc2nc(-c3ccc(Cl)cc3)no2)cc1. The maximum Gasteiger partial charge on any atom is 0.309 e. The summed E-state index contributed by atoms with van der Waals surface area (Å²) in [4.78, 5) is 15.5. The lowest BCUT2D eigenvalue weighted by Crippen LogP contribution is -2.04. The van der Waals surface area contributed by atoms with Crippen LogP contribution in [0.3, 0.4) is 0 Å². The maximum absolute atomic E-state index is 11.2. The first kappa shape index (κ1) is 17.0. The Morgan fingerprint density at radius 1 is 1.12 bits per heavy atom. The van der Waals surface area contributed by atoms with Gasteiger partial charge in [0.15, 0.2) is 6.61 Å². The molecule has 0 atom stereocenters. The fourth-order valence-electron chi connectivity index (χ4n) is 2.12. The average molecular weight is 359 g/mol. The Kier molecular flexibility index (Phi) is 5.30. The smallest absolute Gasteiger partial charge is 0.309 e. The zero-order valence-electron chi connectivity index (χ0n) is 13.4. The Hall–Kier alpha value is -2.86. The highest BCUT2D eigenvalue weighted by molar-refractivity contribution is 6.30. The van der Waals surface area contributed by atoms with E-state index in [2.05, 4.69) is 14.9 Å². The van der Waals surface area contributed by atoms with Gasteiger partial charge in [-0.1, -0.05) is 28.9 Å². The van der Waals surface area contributed by atoms with Crippen LogP contribution in [-0.4, -0.2) is 23.2 Å². The van der Waals surface area contributed by atoms with E-state index in [9.17, 15) is 4.79 Å². The number of benzene rings is 2. The van der Waals surface area contributed by atoms with Crippen molar-refractivity contribution < 1.29 is 18.8 Å². The Bertz CT molecular complexity index is 844. The normalized spacial score (nSPS) is 10.5. The van der Waals surface area contributed by atoms with E-state index in [0.29, 0.717) is 22.5 Å². The molecule has 0 spiro atoms. The molecule has 1 aromatic heterocycles. The number of rotatable bonds is 6. The second-order valence-electron chi connectivity index (χ2n) is 5.20. The van der Waals surface area contributed by atoms with Gasteiger partial charge in [-0.3, -0.25) is 4.79 Å². The third-order valence-corrected chi connectivity index (χ3v) is 3.68. The predicted octanol–water partition coefficient (Wildman–Crippen LogP) is 3.68.